The van der Waals surface area contributed by atoms with E-state index in [4.69, 9.17) is 5.14 Å². The van der Waals surface area contributed by atoms with E-state index in [0.717, 1.165) is 31.9 Å². The monoisotopic (exact) mass is 324 g/mol. The molecule has 2 fully saturated rings. The molecule has 22 heavy (non-hydrogen) atoms. The van der Waals surface area contributed by atoms with E-state index in [1.807, 2.05) is 4.90 Å². The molecule has 2 aliphatic rings. The molecule has 8 heteroatoms. The van der Waals surface area contributed by atoms with Crippen molar-refractivity contribution in [3.63, 3.8) is 0 Å². The number of sulfonamides is 1. The van der Waals surface area contributed by atoms with Gasteiger partial charge in [-0.25, -0.2) is 13.6 Å². The number of carbonyl (C=O) groups excluding carboxylic acids is 1. The van der Waals surface area contributed by atoms with Crippen LogP contribution in [-0.4, -0.2) is 58.5 Å². The van der Waals surface area contributed by atoms with Gasteiger partial charge in [0.15, 0.2) is 0 Å². The van der Waals surface area contributed by atoms with Crippen molar-refractivity contribution in [1.29, 1.82) is 0 Å². The molecule has 3 N–H and O–H groups in total. The number of nitrogens with one attached hydrogen (secondary N) is 1. The molecule has 1 aromatic rings. The number of benzene rings is 1. The lowest BCUT2D eigenvalue weighted by atomic mass is 10.0. The zero-order valence-corrected chi connectivity index (χ0v) is 13.1. The molecule has 7 nitrogen and oxygen atoms in total. The molecule has 1 aromatic carbocycles. The SMILES string of the molecule is NS(=O)(=O)c1ccc(N2CCN(C(=O)C3CNC3)CC2)cc1. The maximum atomic E-state index is 12.2. The first-order valence-corrected chi connectivity index (χ1v) is 8.87. The molecule has 2 aliphatic heterocycles. The van der Waals surface area contributed by atoms with Crippen LogP contribution in [0.2, 0.25) is 0 Å². The Bertz CT molecular complexity index is 647. The predicted molar refractivity (Wildman–Crippen MR) is 83.0 cm³/mol. The fourth-order valence-corrected chi connectivity index (χ4v) is 3.27. The fourth-order valence-electron chi connectivity index (χ4n) is 2.75. The van der Waals surface area contributed by atoms with Crippen LogP contribution in [0.5, 0.6) is 0 Å². The highest BCUT2D eigenvalue weighted by molar-refractivity contribution is 7.89. The average Bonchev–Trinajstić information content (AvgIpc) is 2.45. The number of piperazine rings is 1. The van der Waals surface area contributed by atoms with Crippen LogP contribution in [0.4, 0.5) is 5.69 Å². The quantitative estimate of drug-likeness (QED) is 0.759. The third kappa shape index (κ3) is 3.08. The second kappa shape index (κ2) is 5.86. The molecular weight excluding hydrogens is 304 g/mol. The average molecular weight is 324 g/mol. The van der Waals surface area contributed by atoms with Crippen LogP contribution < -0.4 is 15.4 Å². The molecule has 0 spiro atoms. The number of amides is 1. The van der Waals surface area contributed by atoms with Crippen LogP contribution in [0.25, 0.3) is 0 Å². The maximum absolute atomic E-state index is 12.2. The summed E-state index contributed by atoms with van der Waals surface area (Å²) in [5, 5.41) is 8.21. The number of carbonyl (C=O) groups is 1. The van der Waals surface area contributed by atoms with Gasteiger partial charge in [-0.15, -0.1) is 0 Å². The standard InChI is InChI=1S/C14H20N4O3S/c15-22(20,21)13-3-1-12(2-4-13)17-5-7-18(8-6-17)14(19)11-9-16-10-11/h1-4,11,16H,5-10H2,(H2,15,20,21). The topological polar surface area (TPSA) is 95.7 Å². The molecule has 0 bridgehead atoms. The van der Waals surface area contributed by atoms with Crippen LogP contribution in [0.3, 0.4) is 0 Å². The molecule has 120 valence electrons. The van der Waals surface area contributed by atoms with E-state index in [9.17, 15) is 13.2 Å². The summed E-state index contributed by atoms with van der Waals surface area (Å²) in [5.74, 6) is 0.378. The molecule has 0 aromatic heterocycles. The number of primary sulfonamides is 1. The lowest BCUT2D eigenvalue weighted by molar-refractivity contribution is -0.137. The molecular formula is C14H20N4O3S. The highest BCUT2D eigenvalue weighted by Crippen LogP contribution is 2.20. The third-order valence-electron chi connectivity index (χ3n) is 4.25. The van der Waals surface area contributed by atoms with Crippen molar-refractivity contribution in [3.8, 4) is 0 Å². The van der Waals surface area contributed by atoms with Gasteiger partial charge in [0, 0.05) is 45.0 Å². The van der Waals surface area contributed by atoms with E-state index in [-0.39, 0.29) is 16.7 Å². The van der Waals surface area contributed by atoms with Crippen molar-refractivity contribution >= 4 is 21.6 Å². The van der Waals surface area contributed by atoms with Crippen molar-refractivity contribution < 1.29 is 13.2 Å². The van der Waals surface area contributed by atoms with E-state index in [1.54, 1.807) is 12.1 Å². The largest absolute Gasteiger partial charge is 0.368 e. The first-order valence-electron chi connectivity index (χ1n) is 7.32. The number of rotatable bonds is 3. The number of hydrogen-bond donors (Lipinski definition) is 2. The zero-order chi connectivity index (χ0) is 15.7. The van der Waals surface area contributed by atoms with Crippen LogP contribution in [0.1, 0.15) is 0 Å². The van der Waals surface area contributed by atoms with Crippen molar-refractivity contribution in [2.45, 2.75) is 4.90 Å². The Kier molecular flexibility index (Phi) is 4.07. The van der Waals surface area contributed by atoms with E-state index in [1.165, 1.54) is 12.1 Å². The number of nitrogens with zero attached hydrogens (tertiary/aromatic N) is 2. The minimum Gasteiger partial charge on any atom is -0.368 e. The predicted octanol–water partition coefficient (Wildman–Crippen LogP) is -0.798. The van der Waals surface area contributed by atoms with Gasteiger partial charge in [-0.1, -0.05) is 0 Å². The van der Waals surface area contributed by atoms with Gasteiger partial charge in [0.1, 0.15) is 0 Å². The van der Waals surface area contributed by atoms with E-state index >= 15 is 0 Å². The van der Waals surface area contributed by atoms with Crippen molar-refractivity contribution in [1.82, 2.24) is 10.2 Å². The Morgan fingerprint density at radius 3 is 2.14 bits per heavy atom. The summed E-state index contributed by atoms with van der Waals surface area (Å²) >= 11 is 0. The van der Waals surface area contributed by atoms with E-state index in [2.05, 4.69) is 10.2 Å². The molecule has 3 rings (SSSR count). The smallest absolute Gasteiger partial charge is 0.238 e. The maximum Gasteiger partial charge on any atom is 0.238 e. The molecule has 2 saturated heterocycles. The van der Waals surface area contributed by atoms with Crippen molar-refractivity contribution in [2.24, 2.45) is 11.1 Å². The van der Waals surface area contributed by atoms with E-state index < -0.39 is 10.0 Å². The van der Waals surface area contributed by atoms with Crippen molar-refractivity contribution in [2.75, 3.05) is 44.2 Å². The van der Waals surface area contributed by atoms with Gasteiger partial charge in [0.05, 0.1) is 10.8 Å². The Labute approximate surface area is 130 Å². The summed E-state index contributed by atoms with van der Waals surface area (Å²) in [6, 6.07) is 6.55. The molecule has 0 unspecified atom stereocenters. The molecule has 1 amide bonds. The van der Waals surface area contributed by atoms with E-state index in [0.29, 0.717) is 13.1 Å². The molecule has 2 heterocycles. The second-order valence-electron chi connectivity index (χ2n) is 5.71. The van der Waals surface area contributed by atoms with Gasteiger partial charge < -0.3 is 15.1 Å². The Morgan fingerprint density at radius 2 is 1.68 bits per heavy atom. The van der Waals surface area contributed by atoms with Gasteiger partial charge in [-0.05, 0) is 24.3 Å². The number of hydrogen-bond acceptors (Lipinski definition) is 5. The highest BCUT2D eigenvalue weighted by atomic mass is 32.2. The molecule has 0 atom stereocenters. The second-order valence-corrected chi connectivity index (χ2v) is 7.27. The lowest BCUT2D eigenvalue weighted by Crippen LogP contribution is -2.56. The molecule has 0 saturated carbocycles. The number of nitrogens with two attached hydrogens (primary N) is 1. The summed E-state index contributed by atoms with van der Waals surface area (Å²) in [6.07, 6.45) is 0. The first-order chi connectivity index (χ1) is 10.4. The normalized spacial score (nSPS) is 19.9. The Balaban J connectivity index is 1.60. The third-order valence-corrected chi connectivity index (χ3v) is 5.18. The summed E-state index contributed by atoms with van der Waals surface area (Å²) in [6.45, 7) is 4.47. The van der Waals surface area contributed by atoms with Gasteiger partial charge in [0.25, 0.3) is 0 Å². The van der Waals surface area contributed by atoms with Gasteiger partial charge >= 0.3 is 0 Å². The first kappa shape index (κ1) is 15.3. The van der Waals surface area contributed by atoms with Gasteiger partial charge in [0.2, 0.25) is 15.9 Å². The Morgan fingerprint density at radius 1 is 1.09 bits per heavy atom. The summed E-state index contributed by atoms with van der Waals surface area (Å²) in [5.41, 5.74) is 0.949. The summed E-state index contributed by atoms with van der Waals surface area (Å²) < 4.78 is 22.5. The minimum absolute atomic E-state index is 0.113. The molecule has 0 aliphatic carbocycles. The van der Waals surface area contributed by atoms with Crippen LogP contribution in [-0.2, 0) is 14.8 Å². The summed E-state index contributed by atoms with van der Waals surface area (Å²) in [4.78, 5) is 16.3. The minimum atomic E-state index is -3.65. The van der Waals surface area contributed by atoms with Crippen LogP contribution in [0, 0.1) is 5.92 Å². The van der Waals surface area contributed by atoms with Gasteiger partial charge in [-0.2, -0.15) is 0 Å². The Hall–Kier alpha value is -1.64. The lowest BCUT2D eigenvalue weighted by Gasteiger charge is -2.39. The van der Waals surface area contributed by atoms with Gasteiger partial charge in [-0.3, -0.25) is 4.79 Å². The molecule has 0 radical (unpaired) electrons. The van der Waals surface area contributed by atoms with Crippen LogP contribution >= 0.6 is 0 Å². The summed E-state index contributed by atoms with van der Waals surface area (Å²) in [7, 11) is -3.65. The number of anilines is 1. The fraction of sp³-hybridized carbons (Fsp3) is 0.500. The van der Waals surface area contributed by atoms with Crippen molar-refractivity contribution in [3.05, 3.63) is 24.3 Å². The zero-order valence-electron chi connectivity index (χ0n) is 12.2. The highest BCUT2D eigenvalue weighted by Gasteiger charge is 2.31. The van der Waals surface area contributed by atoms with Crippen LogP contribution in [0.15, 0.2) is 29.2 Å².